The van der Waals surface area contributed by atoms with Crippen molar-refractivity contribution in [3.05, 3.63) is 29.6 Å². The molecule has 0 heterocycles. The van der Waals surface area contributed by atoms with Crippen molar-refractivity contribution in [3.8, 4) is 5.75 Å². The van der Waals surface area contributed by atoms with Gasteiger partial charge in [0.05, 0.1) is 7.11 Å². The van der Waals surface area contributed by atoms with E-state index < -0.39 is 11.8 Å². The number of hydrogen-bond acceptors (Lipinski definition) is 4. The van der Waals surface area contributed by atoms with Crippen molar-refractivity contribution >= 4 is 5.97 Å². The molecule has 0 saturated carbocycles. The highest BCUT2D eigenvalue weighted by Gasteiger charge is 2.05. The lowest BCUT2D eigenvalue weighted by Crippen LogP contribution is -2.12. The zero-order valence-corrected chi connectivity index (χ0v) is 8.33. The highest BCUT2D eigenvalue weighted by atomic mass is 19.1. The van der Waals surface area contributed by atoms with Crippen LogP contribution in [-0.4, -0.2) is 19.7 Å². The molecule has 0 unspecified atom stereocenters. The molecule has 0 saturated heterocycles. The van der Waals surface area contributed by atoms with Gasteiger partial charge in [0, 0.05) is 18.2 Å². The van der Waals surface area contributed by atoms with Gasteiger partial charge in [-0.1, -0.05) is 6.07 Å². The van der Waals surface area contributed by atoms with Gasteiger partial charge in [-0.15, -0.1) is 0 Å². The molecule has 1 rings (SSSR count). The molecule has 0 amide bonds. The van der Waals surface area contributed by atoms with Crippen LogP contribution < -0.4 is 10.5 Å². The van der Waals surface area contributed by atoms with Crippen LogP contribution in [0.4, 0.5) is 4.39 Å². The third kappa shape index (κ3) is 3.21. The quantitative estimate of drug-likeness (QED) is 0.753. The number of hydrogen-bond donors (Lipinski definition) is 1. The van der Waals surface area contributed by atoms with E-state index >= 15 is 0 Å². The molecular formula is C10H12FNO3. The van der Waals surface area contributed by atoms with Gasteiger partial charge < -0.3 is 15.2 Å². The maximum Gasteiger partial charge on any atom is 0.343 e. The molecule has 0 aliphatic rings. The Kier molecular flexibility index (Phi) is 4.05. The molecule has 1 aromatic rings. The van der Waals surface area contributed by atoms with Crippen LogP contribution in [0.2, 0.25) is 0 Å². The van der Waals surface area contributed by atoms with E-state index in [0.717, 1.165) is 0 Å². The fourth-order valence-corrected chi connectivity index (χ4v) is 0.985. The fraction of sp³-hybridized carbons (Fsp3) is 0.300. The van der Waals surface area contributed by atoms with Crippen LogP contribution in [-0.2, 0) is 16.1 Å². The molecule has 0 aliphatic carbocycles. The molecule has 0 aromatic heterocycles. The Morgan fingerprint density at radius 3 is 2.80 bits per heavy atom. The minimum atomic E-state index is -0.515. The first kappa shape index (κ1) is 11.5. The van der Waals surface area contributed by atoms with Gasteiger partial charge in [0.25, 0.3) is 0 Å². The Balaban J connectivity index is 2.63. The number of ether oxygens (including phenoxy) is 2. The van der Waals surface area contributed by atoms with E-state index in [-0.39, 0.29) is 18.9 Å². The smallest absolute Gasteiger partial charge is 0.343 e. The van der Waals surface area contributed by atoms with E-state index in [1.165, 1.54) is 19.2 Å². The summed E-state index contributed by atoms with van der Waals surface area (Å²) in [6.07, 6.45) is 0. The van der Waals surface area contributed by atoms with Gasteiger partial charge in [-0.05, 0) is 6.07 Å². The lowest BCUT2D eigenvalue weighted by atomic mass is 10.2. The number of methoxy groups -OCH3 is 1. The largest absolute Gasteiger partial charge is 0.482 e. The predicted octanol–water partition coefficient (Wildman–Crippen LogP) is 0.836. The molecule has 82 valence electrons. The Morgan fingerprint density at radius 2 is 2.27 bits per heavy atom. The van der Waals surface area contributed by atoms with Crippen LogP contribution in [0.15, 0.2) is 18.2 Å². The summed E-state index contributed by atoms with van der Waals surface area (Å²) in [5, 5.41) is 0. The summed E-state index contributed by atoms with van der Waals surface area (Å²) in [5.41, 5.74) is 5.69. The second-order valence-electron chi connectivity index (χ2n) is 2.82. The summed E-state index contributed by atoms with van der Waals surface area (Å²) in [7, 11) is 1.25. The van der Waals surface area contributed by atoms with Crippen molar-refractivity contribution in [2.75, 3.05) is 13.7 Å². The molecule has 1 aromatic carbocycles. The molecule has 0 fully saturated rings. The molecule has 0 spiro atoms. The van der Waals surface area contributed by atoms with Crippen molar-refractivity contribution < 1.29 is 18.7 Å². The highest BCUT2D eigenvalue weighted by Crippen LogP contribution is 2.16. The van der Waals surface area contributed by atoms with E-state index in [2.05, 4.69) is 4.74 Å². The minimum absolute atomic E-state index is 0.128. The molecule has 2 N–H and O–H groups in total. The van der Waals surface area contributed by atoms with Gasteiger partial charge in [0.2, 0.25) is 0 Å². The standard InChI is InChI=1S/C10H12FNO3/c1-14-10(13)6-15-8-3-2-7(5-12)9(11)4-8/h2-4H,5-6,12H2,1H3. The first-order chi connectivity index (χ1) is 7.17. The van der Waals surface area contributed by atoms with Crippen LogP contribution >= 0.6 is 0 Å². The minimum Gasteiger partial charge on any atom is -0.482 e. The van der Waals surface area contributed by atoms with Gasteiger partial charge in [-0.25, -0.2) is 9.18 Å². The number of rotatable bonds is 4. The summed E-state index contributed by atoms with van der Waals surface area (Å²) in [4.78, 5) is 10.7. The normalized spacial score (nSPS) is 9.80. The number of benzene rings is 1. The first-order valence-corrected chi connectivity index (χ1v) is 4.35. The first-order valence-electron chi connectivity index (χ1n) is 4.35. The molecule has 0 aliphatic heterocycles. The van der Waals surface area contributed by atoms with Crippen LogP contribution in [0.1, 0.15) is 5.56 Å². The number of nitrogens with two attached hydrogens (primary N) is 1. The lowest BCUT2D eigenvalue weighted by molar-refractivity contribution is -0.142. The Bertz CT molecular complexity index is 355. The van der Waals surface area contributed by atoms with Crippen molar-refractivity contribution in [3.63, 3.8) is 0 Å². The summed E-state index contributed by atoms with van der Waals surface area (Å²) >= 11 is 0. The molecule has 5 heteroatoms. The molecule has 4 nitrogen and oxygen atoms in total. The van der Waals surface area contributed by atoms with Gasteiger partial charge >= 0.3 is 5.97 Å². The maximum atomic E-state index is 13.2. The van der Waals surface area contributed by atoms with Gasteiger partial charge in [-0.2, -0.15) is 0 Å². The second kappa shape index (κ2) is 5.31. The Hall–Kier alpha value is -1.62. The number of esters is 1. The lowest BCUT2D eigenvalue weighted by Gasteiger charge is -2.06. The summed E-state index contributed by atoms with van der Waals surface area (Å²) in [6, 6.07) is 4.25. The summed E-state index contributed by atoms with van der Waals surface area (Å²) in [5.74, 6) is -0.687. The second-order valence-corrected chi connectivity index (χ2v) is 2.82. The fourth-order valence-electron chi connectivity index (χ4n) is 0.985. The van der Waals surface area contributed by atoms with Crippen LogP contribution in [0.5, 0.6) is 5.75 Å². The van der Waals surface area contributed by atoms with E-state index in [4.69, 9.17) is 10.5 Å². The molecule has 0 atom stereocenters. The number of carbonyl (C=O) groups excluding carboxylic acids is 1. The Morgan fingerprint density at radius 1 is 1.53 bits per heavy atom. The van der Waals surface area contributed by atoms with Crippen LogP contribution in [0, 0.1) is 5.82 Å². The SMILES string of the molecule is COC(=O)COc1ccc(CN)c(F)c1. The monoisotopic (exact) mass is 213 g/mol. The number of carbonyl (C=O) groups is 1. The van der Waals surface area contributed by atoms with E-state index in [1.807, 2.05) is 0 Å². The zero-order chi connectivity index (χ0) is 11.3. The van der Waals surface area contributed by atoms with Crippen molar-refractivity contribution in [2.24, 2.45) is 5.73 Å². The summed E-state index contributed by atoms with van der Waals surface area (Å²) in [6.45, 7) is -0.110. The van der Waals surface area contributed by atoms with E-state index in [9.17, 15) is 9.18 Å². The predicted molar refractivity (Wildman–Crippen MR) is 51.8 cm³/mol. The third-order valence-electron chi connectivity index (χ3n) is 1.83. The molecule has 0 radical (unpaired) electrons. The van der Waals surface area contributed by atoms with Gasteiger partial charge in [0.1, 0.15) is 11.6 Å². The Labute approximate surface area is 86.8 Å². The van der Waals surface area contributed by atoms with Crippen LogP contribution in [0.3, 0.4) is 0 Å². The van der Waals surface area contributed by atoms with Crippen molar-refractivity contribution in [2.45, 2.75) is 6.54 Å². The van der Waals surface area contributed by atoms with Gasteiger partial charge in [0.15, 0.2) is 6.61 Å². The van der Waals surface area contributed by atoms with E-state index in [1.54, 1.807) is 6.07 Å². The third-order valence-corrected chi connectivity index (χ3v) is 1.83. The maximum absolute atomic E-state index is 13.2. The van der Waals surface area contributed by atoms with Crippen LogP contribution in [0.25, 0.3) is 0 Å². The molecule has 15 heavy (non-hydrogen) atoms. The molecular weight excluding hydrogens is 201 g/mol. The summed E-state index contributed by atoms with van der Waals surface area (Å²) < 4.78 is 22.5. The average Bonchev–Trinajstić information content (AvgIpc) is 2.26. The zero-order valence-electron chi connectivity index (χ0n) is 8.33. The molecule has 0 bridgehead atoms. The highest BCUT2D eigenvalue weighted by molar-refractivity contribution is 5.70. The van der Waals surface area contributed by atoms with E-state index in [0.29, 0.717) is 5.56 Å². The number of halogens is 1. The van der Waals surface area contributed by atoms with Crippen molar-refractivity contribution in [1.82, 2.24) is 0 Å². The topological polar surface area (TPSA) is 61.5 Å². The van der Waals surface area contributed by atoms with Crippen molar-refractivity contribution in [1.29, 1.82) is 0 Å². The average molecular weight is 213 g/mol. The van der Waals surface area contributed by atoms with Gasteiger partial charge in [-0.3, -0.25) is 0 Å².